The zero-order valence-corrected chi connectivity index (χ0v) is 23.3. The third kappa shape index (κ3) is 5.09. The van der Waals surface area contributed by atoms with E-state index in [1.165, 1.54) is 0 Å². The fourth-order valence-electron chi connectivity index (χ4n) is 5.35. The molecule has 6 nitrogen and oxygen atoms in total. The van der Waals surface area contributed by atoms with Crippen molar-refractivity contribution in [2.24, 2.45) is 0 Å². The molecular formula is C35H31NO5. The number of rotatable bonds is 8. The number of fused-ring (bicyclic) bond motifs is 2. The van der Waals surface area contributed by atoms with Gasteiger partial charge < -0.3 is 18.8 Å². The van der Waals surface area contributed by atoms with Crippen LogP contribution in [0.4, 0.5) is 0 Å². The molecule has 0 spiro atoms. The first-order chi connectivity index (χ1) is 19.9. The van der Waals surface area contributed by atoms with Gasteiger partial charge in [-0.25, -0.2) is 0 Å². The molecule has 1 aliphatic rings. The van der Waals surface area contributed by atoms with Crippen LogP contribution < -0.4 is 14.9 Å². The average molecular weight is 546 g/mol. The molecule has 0 fully saturated rings. The molecule has 6 rings (SSSR count). The number of ether oxygens (including phenoxy) is 2. The molecule has 2 heterocycles. The zero-order chi connectivity index (χ0) is 28.5. The normalized spacial score (nSPS) is 14.4. The summed E-state index contributed by atoms with van der Waals surface area (Å²) in [4.78, 5) is 29.6. The maximum atomic E-state index is 14.0. The van der Waals surface area contributed by atoms with E-state index >= 15 is 0 Å². The summed E-state index contributed by atoms with van der Waals surface area (Å²) in [6.45, 7) is 7.01. The Morgan fingerprint density at radius 1 is 0.780 bits per heavy atom. The summed E-state index contributed by atoms with van der Waals surface area (Å²) in [7, 11) is 0. The van der Waals surface area contributed by atoms with E-state index < -0.39 is 6.04 Å². The predicted octanol–water partition coefficient (Wildman–Crippen LogP) is 7.13. The van der Waals surface area contributed by atoms with Crippen LogP contribution in [0.15, 0.2) is 100 Å². The van der Waals surface area contributed by atoms with Crippen molar-refractivity contribution in [1.29, 1.82) is 0 Å². The molecular weight excluding hydrogens is 514 g/mol. The minimum atomic E-state index is -0.651. The van der Waals surface area contributed by atoms with E-state index in [0.29, 0.717) is 47.8 Å². The topological polar surface area (TPSA) is 69.0 Å². The van der Waals surface area contributed by atoms with Crippen molar-refractivity contribution in [2.75, 3.05) is 6.61 Å². The standard InChI is InChI=1S/C35H31NO5/c1-4-39-30-19-26(15-17-29(30)40-21-25-8-6-5-7-9-25)32-31-33(37)27-18-23(3)12-16-28(27)41-34(31)35(38)36(32)20-24-13-10-22(2)11-14-24/h5-19,32H,4,20-21H2,1-3H3. The summed E-state index contributed by atoms with van der Waals surface area (Å²) in [5.74, 6) is 0.923. The van der Waals surface area contributed by atoms with Crippen LogP contribution in [0.5, 0.6) is 11.5 Å². The Kier molecular flexibility index (Phi) is 7.06. The minimum absolute atomic E-state index is 0.0887. The smallest absolute Gasteiger partial charge is 0.291 e. The molecule has 1 amide bonds. The van der Waals surface area contributed by atoms with E-state index in [1.807, 2.05) is 106 Å². The summed E-state index contributed by atoms with van der Waals surface area (Å²) < 4.78 is 18.3. The average Bonchev–Trinajstić information content (AvgIpc) is 3.25. The zero-order valence-electron chi connectivity index (χ0n) is 23.3. The van der Waals surface area contributed by atoms with Crippen molar-refractivity contribution in [2.45, 2.75) is 40.0 Å². The van der Waals surface area contributed by atoms with Gasteiger partial charge in [0.15, 0.2) is 16.9 Å². The Balaban J connectivity index is 1.46. The third-order valence-corrected chi connectivity index (χ3v) is 7.42. The van der Waals surface area contributed by atoms with Crippen LogP contribution in [0.1, 0.15) is 56.9 Å². The van der Waals surface area contributed by atoms with E-state index in [9.17, 15) is 9.59 Å². The van der Waals surface area contributed by atoms with Gasteiger partial charge in [-0.05, 0) is 61.7 Å². The van der Waals surface area contributed by atoms with Crippen molar-refractivity contribution in [3.8, 4) is 11.5 Å². The maximum absolute atomic E-state index is 14.0. The lowest BCUT2D eigenvalue weighted by atomic mass is 9.97. The molecule has 4 aromatic carbocycles. The Labute approximate surface area is 238 Å². The van der Waals surface area contributed by atoms with Crippen LogP contribution in [-0.2, 0) is 13.2 Å². The molecule has 1 unspecified atom stereocenters. The van der Waals surface area contributed by atoms with Gasteiger partial charge >= 0.3 is 0 Å². The van der Waals surface area contributed by atoms with Gasteiger partial charge in [0.2, 0.25) is 5.76 Å². The fraction of sp³-hybridized carbons (Fsp3) is 0.200. The molecule has 1 atom stereocenters. The number of hydrogen-bond donors (Lipinski definition) is 0. The molecule has 0 radical (unpaired) electrons. The Morgan fingerprint density at radius 2 is 1.54 bits per heavy atom. The van der Waals surface area contributed by atoms with Gasteiger partial charge in [0.1, 0.15) is 12.2 Å². The van der Waals surface area contributed by atoms with E-state index in [1.54, 1.807) is 11.0 Å². The third-order valence-electron chi connectivity index (χ3n) is 7.42. The van der Waals surface area contributed by atoms with Crippen LogP contribution in [0.2, 0.25) is 0 Å². The van der Waals surface area contributed by atoms with Gasteiger partial charge in [-0.1, -0.05) is 77.9 Å². The molecule has 6 heteroatoms. The van der Waals surface area contributed by atoms with Gasteiger partial charge in [-0.3, -0.25) is 9.59 Å². The summed E-state index contributed by atoms with van der Waals surface area (Å²) in [5.41, 5.74) is 5.38. The molecule has 206 valence electrons. The number of benzene rings is 4. The lowest BCUT2D eigenvalue weighted by Gasteiger charge is -2.26. The SMILES string of the molecule is CCOc1cc(C2c3c(oc4ccc(C)cc4c3=O)C(=O)N2Cc2ccc(C)cc2)ccc1OCc1ccccc1. The second kappa shape index (κ2) is 11.0. The minimum Gasteiger partial charge on any atom is -0.490 e. The highest BCUT2D eigenvalue weighted by molar-refractivity contribution is 5.99. The Morgan fingerprint density at radius 3 is 2.29 bits per heavy atom. The van der Waals surface area contributed by atoms with Crippen LogP contribution >= 0.6 is 0 Å². The highest BCUT2D eigenvalue weighted by atomic mass is 16.5. The summed E-state index contributed by atoms with van der Waals surface area (Å²) in [5, 5.41) is 0.464. The van der Waals surface area contributed by atoms with Crippen molar-refractivity contribution in [3.63, 3.8) is 0 Å². The van der Waals surface area contributed by atoms with Crippen LogP contribution in [0.3, 0.4) is 0 Å². The fourth-order valence-corrected chi connectivity index (χ4v) is 5.35. The van der Waals surface area contributed by atoms with Gasteiger partial charge in [0, 0.05) is 6.54 Å². The lowest BCUT2D eigenvalue weighted by Crippen LogP contribution is -2.29. The predicted molar refractivity (Wildman–Crippen MR) is 159 cm³/mol. The number of carbonyl (C=O) groups excluding carboxylic acids is 1. The van der Waals surface area contributed by atoms with E-state index in [2.05, 4.69) is 0 Å². The van der Waals surface area contributed by atoms with E-state index in [4.69, 9.17) is 13.9 Å². The highest BCUT2D eigenvalue weighted by Crippen LogP contribution is 2.42. The summed E-state index contributed by atoms with van der Waals surface area (Å²) in [6.07, 6.45) is 0. The molecule has 41 heavy (non-hydrogen) atoms. The summed E-state index contributed by atoms with van der Waals surface area (Å²) in [6, 6.07) is 28.4. The number of hydrogen-bond acceptors (Lipinski definition) is 5. The number of nitrogens with zero attached hydrogens (tertiary/aromatic N) is 1. The molecule has 1 aromatic heterocycles. The summed E-state index contributed by atoms with van der Waals surface area (Å²) >= 11 is 0. The van der Waals surface area contributed by atoms with E-state index in [-0.39, 0.29) is 17.1 Å². The molecule has 0 N–H and O–H groups in total. The van der Waals surface area contributed by atoms with Gasteiger partial charge in [0.25, 0.3) is 5.91 Å². The quantitative estimate of drug-likeness (QED) is 0.207. The highest BCUT2D eigenvalue weighted by Gasteiger charge is 2.43. The molecule has 0 bridgehead atoms. The lowest BCUT2D eigenvalue weighted by molar-refractivity contribution is 0.0714. The van der Waals surface area contributed by atoms with Crippen LogP contribution in [0.25, 0.3) is 11.0 Å². The Bertz CT molecular complexity index is 1790. The second-order valence-electron chi connectivity index (χ2n) is 10.4. The largest absolute Gasteiger partial charge is 0.490 e. The van der Waals surface area contributed by atoms with Crippen molar-refractivity contribution in [3.05, 3.63) is 140 Å². The van der Waals surface area contributed by atoms with Crippen LogP contribution in [0, 0.1) is 13.8 Å². The molecule has 0 saturated heterocycles. The molecule has 0 saturated carbocycles. The molecule has 0 aliphatic carbocycles. The first-order valence-electron chi connectivity index (χ1n) is 13.8. The number of amides is 1. The van der Waals surface area contributed by atoms with Crippen molar-refractivity contribution < 1.29 is 18.7 Å². The number of carbonyl (C=O) groups is 1. The monoisotopic (exact) mass is 545 g/mol. The first kappa shape index (κ1) is 26.4. The second-order valence-corrected chi connectivity index (χ2v) is 10.4. The Hall–Kier alpha value is -4.84. The van der Waals surface area contributed by atoms with Crippen molar-refractivity contribution >= 4 is 16.9 Å². The van der Waals surface area contributed by atoms with Gasteiger partial charge in [0.05, 0.1) is 23.6 Å². The maximum Gasteiger partial charge on any atom is 0.291 e. The van der Waals surface area contributed by atoms with Gasteiger partial charge in [-0.2, -0.15) is 0 Å². The first-order valence-corrected chi connectivity index (χ1v) is 13.8. The van der Waals surface area contributed by atoms with Crippen LogP contribution in [-0.4, -0.2) is 17.4 Å². The molecule has 1 aliphatic heterocycles. The van der Waals surface area contributed by atoms with E-state index in [0.717, 1.165) is 27.8 Å². The molecule has 5 aromatic rings. The van der Waals surface area contributed by atoms with Crippen molar-refractivity contribution in [1.82, 2.24) is 4.90 Å². The van der Waals surface area contributed by atoms with Gasteiger partial charge in [-0.15, -0.1) is 0 Å². The number of aryl methyl sites for hydroxylation is 2.